The number of carbonyl (C=O) groups is 2. The average molecular weight is 282 g/mol. The van der Waals surface area contributed by atoms with E-state index < -0.39 is 12.0 Å². The predicted molar refractivity (Wildman–Crippen MR) is 76.5 cm³/mol. The molecular formula is C15H26N2O3. The van der Waals surface area contributed by atoms with Crippen LogP contribution in [0.15, 0.2) is 0 Å². The number of amides is 1. The summed E-state index contributed by atoms with van der Waals surface area (Å²) in [6.45, 7) is 0.947. The third-order valence-corrected chi connectivity index (χ3v) is 4.47. The lowest BCUT2D eigenvalue weighted by atomic mass is 9.97. The molecule has 0 bridgehead atoms. The van der Waals surface area contributed by atoms with Crippen LogP contribution in [0.4, 0.5) is 0 Å². The van der Waals surface area contributed by atoms with Gasteiger partial charge < -0.3 is 10.4 Å². The fourth-order valence-corrected chi connectivity index (χ4v) is 3.35. The number of rotatable bonds is 4. The summed E-state index contributed by atoms with van der Waals surface area (Å²) in [7, 11) is 0. The molecule has 1 heterocycles. The van der Waals surface area contributed by atoms with Crippen molar-refractivity contribution in [2.75, 3.05) is 13.1 Å². The molecule has 5 nitrogen and oxygen atoms in total. The lowest BCUT2D eigenvalue weighted by Crippen LogP contribution is -2.45. The molecule has 2 aliphatic rings. The number of carboxylic acid groups (broad SMARTS) is 1. The van der Waals surface area contributed by atoms with Gasteiger partial charge in [0.25, 0.3) is 0 Å². The summed E-state index contributed by atoms with van der Waals surface area (Å²) in [5.74, 6) is -0.815. The van der Waals surface area contributed by atoms with Crippen LogP contribution in [0.2, 0.25) is 0 Å². The number of hydrogen-bond acceptors (Lipinski definition) is 3. The molecular weight excluding hydrogens is 256 g/mol. The fourth-order valence-electron chi connectivity index (χ4n) is 3.35. The number of carboxylic acids is 1. The highest BCUT2D eigenvalue weighted by Gasteiger charge is 2.31. The van der Waals surface area contributed by atoms with Crippen LogP contribution in [0.5, 0.6) is 0 Å². The number of aliphatic carboxylic acids is 1. The van der Waals surface area contributed by atoms with Crippen LogP contribution in [0, 0.1) is 0 Å². The van der Waals surface area contributed by atoms with E-state index in [4.69, 9.17) is 5.11 Å². The van der Waals surface area contributed by atoms with Gasteiger partial charge in [0.2, 0.25) is 5.91 Å². The molecule has 1 aliphatic carbocycles. The molecule has 1 saturated heterocycles. The molecule has 1 aliphatic heterocycles. The number of likely N-dealkylation sites (tertiary alicyclic amines) is 1. The van der Waals surface area contributed by atoms with Crippen LogP contribution in [-0.2, 0) is 9.59 Å². The van der Waals surface area contributed by atoms with Gasteiger partial charge in [-0.3, -0.25) is 14.5 Å². The number of hydrogen-bond donors (Lipinski definition) is 2. The van der Waals surface area contributed by atoms with E-state index in [1.165, 1.54) is 32.1 Å². The second kappa shape index (κ2) is 7.62. The van der Waals surface area contributed by atoms with E-state index in [0.717, 1.165) is 25.8 Å². The summed E-state index contributed by atoms with van der Waals surface area (Å²) in [5, 5.41) is 12.2. The summed E-state index contributed by atoms with van der Waals surface area (Å²) < 4.78 is 0. The van der Waals surface area contributed by atoms with Gasteiger partial charge in [-0.1, -0.05) is 32.1 Å². The Morgan fingerprint density at radius 1 is 1.00 bits per heavy atom. The standard InChI is InChI=1S/C15H26N2O3/c18-14(11-17-10-6-9-13(17)15(19)20)16-12-7-4-2-1-3-5-8-12/h12-13H,1-11H2,(H,16,18)(H,19,20)/t13-/m1/s1. The van der Waals surface area contributed by atoms with Crippen LogP contribution in [-0.4, -0.2) is 47.1 Å². The number of carbonyl (C=O) groups excluding carboxylic acids is 1. The first-order chi connectivity index (χ1) is 9.66. The van der Waals surface area contributed by atoms with Crippen molar-refractivity contribution in [3.63, 3.8) is 0 Å². The third-order valence-electron chi connectivity index (χ3n) is 4.47. The van der Waals surface area contributed by atoms with E-state index in [1.54, 1.807) is 4.90 Å². The summed E-state index contributed by atoms with van der Waals surface area (Å²) >= 11 is 0. The lowest BCUT2D eigenvalue weighted by molar-refractivity contribution is -0.142. The molecule has 2 N–H and O–H groups in total. The Bertz CT molecular complexity index is 338. The average Bonchev–Trinajstić information content (AvgIpc) is 2.80. The number of nitrogens with zero attached hydrogens (tertiary/aromatic N) is 1. The number of nitrogens with one attached hydrogen (secondary N) is 1. The van der Waals surface area contributed by atoms with Crippen LogP contribution >= 0.6 is 0 Å². The highest BCUT2D eigenvalue weighted by molar-refractivity contribution is 5.80. The molecule has 0 aromatic rings. The minimum atomic E-state index is -0.804. The first-order valence-corrected chi connectivity index (χ1v) is 7.93. The molecule has 0 radical (unpaired) electrons. The van der Waals surface area contributed by atoms with E-state index in [0.29, 0.717) is 6.42 Å². The van der Waals surface area contributed by atoms with Crippen molar-refractivity contribution >= 4 is 11.9 Å². The topological polar surface area (TPSA) is 69.6 Å². The second-order valence-electron chi connectivity index (χ2n) is 6.08. The van der Waals surface area contributed by atoms with Crippen LogP contribution in [0.1, 0.15) is 57.8 Å². The van der Waals surface area contributed by atoms with Crippen molar-refractivity contribution in [1.29, 1.82) is 0 Å². The first-order valence-electron chi connectivity index (χ1n) is 7.93. The largest absolute Gasteiger partial charge is 0.480 e. The van der Waals surface area contributed by atoms with Crippen molar-refractivity contribution in [3.8, 4) is 0 Å². The molecule has 0 unspecified atom stereocenters. The molecule has 0 aromatic heterocycles. The minimum absolute atomic E-state index is 0.0104. The molecule has 0 spiro atoms. The van der Waals surface area contributed by atoms with Crippen molar-refractivity contribution in [2.24, 2.45) is 0 Å². The monoisotopic (exact) mass is 282 g/mol. The SMILES string of the molecule is O=C(CN1CCC[C@@H]1C(=O)O)NC1CCCCCCC1. The van der Waals surface area contributed by atoms with E-state index in [-0.39, 0.29) is 18.5 Å². The Hall–Kier alpha value is -1.10. The summed E-state index contributed by atoms with van der Waals surface area (Å²) in [5.41, 5.74) is 0. The minimum Gasteiger partial charge on any atom is -0.480 e. The molecule has 20 heavy (non-hydrogen) atoms. The van der Waals surface area contributed by atoms with Gasteiger partial charge in [0.15, 0.2) is 0 Å². The lowest BCUT2D eigenvalue weighted by Gasteiger charge is -2.24. The molecule has 5 heteroatoms. The maximum absolute atomic E-state index is 12.1. The van der Waals surface area contributed by atoms with Crippen LogP contribution < -0.4 is 5.32 Å². The van der Waals surface area contributed by atoms with Gasteiger partial charge in [-0.25, -0.2) is 0 Å². The zero-order chi connectivity index (χ0) is 14.4. The molecule has 114 valence electrons. The molecule has 1 atom stereocenters. The highest BCUT2D eigenvalue weighted by Crippen LogP contribution is 2.18. The zero-order valence-electron chi connectivity index (χ0n) is 12.1. The van der Waals surface area contributed by atoms with Crippen molar-refractivity contribution in [3.05, 3.63) is 0 Å². The van der Waals surface area contributed by atoms with Gasteiger partial charge in [0.05, 0.1) is 6.54 Å². The van der Waals surface area contributed by atoms with E-state index >= 15 is 0 Å². The smallest absolute Gasteiger partial charge is 0.320 e. The Morgan fingerprint density at radius 2 is 1.65 bits per heavy atom. The molecule has 0 aromatic carbocycles. The highest BCUT2D eigenvalue weighted by atomic mass is 16.4. The van der Waals surface area contributed by atoms with Gasteiger partial charge in [-0.2, -0.15) is 0 Å². The molecule has 2 fully saturated rings. The van der Waals surface area contributed by atoms with Crippen molar-refractivity contribution in [2.45, 2.75) is 69.9 Å². The molecule has 1 saturated carbocycles. The normalized spacial score (nSPS) is 25.9. The van der Waals surface area contributed by atoms with Gasteiger partial charge in [0.1, 0.15) is 6.04 Å². The Morgan fingerprint density at radius 3 is 2.30 bits per heavy atom. The molecule has 2 rings (SSSR count). The summed E-state index contributed by atoms with van der Waals surface area (Å²) in [6, 6.07) is -0.188. The first kappa shape index (κ1) is 15.3. The molecule has 1 amide bonds. The Balaban J connectivity index is 1.77. The second-order valence-corrected chi connectivity index (χ2v) is 6.08. The summed E-state index contributed by atoms with van der Waals surface area (Å²) in [6.07, 6.45) is 9.87. The van der Waals surface area contributed by atoms with Crippen LogP contribution in [0.3, 0.4) is 0 Å². The van der Waals surface area contributed by atoms with E-state index in [9.17, 15) is 9.59 Å². The quantitative estimate of drug-likeness (QED) is 0.824. The van der Waals surface area contributed by atoms with Gasteiger partial charge in [0, 0.05) is 6.04 Å². The van der Waals surface area contributed by atoms with Gasteiger partial charge >= 0.3 is 5.97 Å². The maximum atomic E-state index is 12.1. The van der Waals surface area contributed by atoms with E-state index in [2.05, 4.69) is 5.32 Å². The van der Waals surface area contributed by atoms with Gasteiger partial charge in [-0.05, 0) is 32.2 Å². The van der Waals surface area contributed by atoms with Crippen LogP contribution in [0.25, 0.3) is 0 Å². The zero-order valence-corrected chi connectivity index (χ0v) is 12.1. The maximum Gasteiger partial charge on any atom is 0.320 e. The Labute approximate surface area is 120 Å². The fraction of sp³-hybridized carbons (Fsp3) is 0.867. The van der Waals surface area contributed by atoms with E-state index in [1.807, 2.05) is 0 Å². The predicted octanol–water partition coefficient (Wildman–Crippen LogP) is 1.76. The van der Waals surface area contributed by atoms with Crippen molar-refractivity contribution < 1.29 is 14.7 Å². The van der Waals surface area contributed by atoms with Crippen molar-refractivity contribution in [1.82, 2.24) is 10.2 Å². The Kier molecular flexibility index (Phi) is 5.83. The van der Waals surface area contributed by atoms with Gasteiger partial charge in [-0.15, -0.1) is 0 Å². The summed E-state index contributed by atoms with van der Waals surface area (Å²) in [4.78, 5) is 25.0. The third kappa shape index (κ3) is 4.47.